The van der Waals surface area contributed by atoms with Crippen molar-refractivity contribution >= 4 is 27.6 Å². The van der Waals surface area contributed by atoms with E-state index in [2.05, 4.69) is 5.32 Å². The van der Waals surface area contributed by atoms with Crippen molar-refractivity contribution in [3.05, 3.63) is 0 Å². The van der Waals surface area contributed by atoms with Gasteiger partial charge in [0, 0.05) is 12.6 Å². The second kappa shape index (κ2) is 6.18. The predicted octanol–water partition coefficient (Wildman–Crippen LogP) is 0.170. The third kappa shape index (κ3) is 2.61. The van der Waals surface area contributed by atoms with Crippen LogP contribution < -0.4 is 5.32 Å². The number of β-lactam (4-membered cyclic amide) rings is 1. The SMILES string of the molecule is CC1(C)C(C(=O)N2CCCC2C(=O)NC2CCCC2)N2C(=O)CC2S1(=O)=O. The molecular weight excluding hydrogens is 370 g/mol. The van der Waals surface area contributed by atoms with Crippen LogP contribution in [0.4, 0.5) is 0 Å². The molecule has 3 atom stereocenters. The molecule has 4 rings (SSSR count). The summed E-state index contributed by atoms with van der Waals surface area (Å²) in [7, 11) is -3.62. The van der Waals surface area contributed by atoms with E-state index in [0.29, 0.717) is 19.4 Å². The smallest absolute Gasteiger partial charge is 0.247 e. The highest BCUT2D eigenvalue weighted by Gasteiger charge is 2.68. The van der Waals surface area contributed by atoms with Crippen LogP contribution >= 0.6 is 0 Å². The van der Waals surface area contributed by atoms with Gasteiger partial charge in [0.05, 0.1) is 11.2 Å². The van der Waals surface area contributed by atoms with Crippen LogP contribution in [0.5, 0.6) is 0 Å². The number of rotatable bonds is 3. The van der Waals surface area contributed by atoms with Gasteiger partial charge in [-0.15, -0.1) is 0 Å². The lowest BCUT2D eigenvalue weighted by atomic mass is 9.96. The van der Waals surface area contributed by atoms with Crippen LogP contribution in [0.15, 0.2) is 0 Å². The lowest BCUT2D eigenvalue weighted by Gasteiger charge is -2.39. The molecule has 3 saturated heterocycles. The lowest BCUT2D eigenvalue weighted by molar-refractivity contribution is -0.155. The number of carbonyl (C=O) groups excluding carboxylic acids is 3. The Balaban J connectivity index is 1.56. The minimum Gasteiger partial charge on any atom is -0.352 e. The first kappa shape index (κ1) is 18.7. The fourth-order valence-electron chi connectivity index (χ4n) is 5.06. The van der Waals surface area contributed by atoms with E-state index in [1.54, 1.807) is 0 Å². The van der Waals surface area contributed by atoms with Crippen molar-refractivity contribution in [2.24, 2.45) is 0 Å². The van der Waals surface area contributed by atoms with Gasteiger partial charge in [-0.05, 0) is 39.5 Å². The standard InChI is InChI=1S/C18H27N3O5S/c1-18(2)15(21-13(22)10-14(21)27(18,25)26)17(24)20-9-5-8-12(20)16(23)19-11-6-3-4-7-11/h11-12,14-15H,3-10H2,1-2H3,(H,19,23). The summed E-state index contributed by atoms with van der Waals surface area (Å²) in [6.07, 6.45) is 5.35. The van der Waals surface area contributed by atoms with E-state index >= 15 is 0 Å². The first-order chi connectivity index (χ1) is 12.7. The molecule has 0 aromatic rings. The minimum absolute atomic E-state index is 0.0544. The molecule has 0 bridgehead atoms. The second-order valence-corrected chi connectivity index (χ2v) is 11.4. The van der Waals surface area contributed by atoms with Gasteiger partial charge in [0.2, 0.25) is 17.7 Å². The van der Waals surface area contributed by atoms with Crippen molar-refractivity contribution in [3.8, 4) is 0 Å². The van der Waals surface area contributed by atoms with E-state index in [1.165, 1.54) is 23.6 Å². The molecule has 1 aliphatic carbocycles. The molecule has 0 aromatic carbocycles. The maximum Gasteiger partial charge on any atom is 0.247 e. The minimum atomic E-state index is -3.62. The summed E-state index contributed by atoms with van der Waals surface area (Å²) in [5, 5.41) is 2.14. The zero-order chi connectivity index (χ0) is 19.6. The molecule has 3 heterocycles. The number of carbonyl (C=O) groups is 3. The lowest BCUT2D eigenvalue weighted by Crippen LogP contribution is -2.61. The molecule has 0 spiro atoms. The molecule has 1 saturated carbocycles. The van der Waals surface area contributed by atoms with Crippen molar-refractivity contribution in [3.63, 3.8) is 0 Å². The van der Waals surface area contributed by atoms with Gasteiger partial charge >= 0.3 is 0 Å². The van der Waals surface area contributed by atoms with E-state index < -0.39 is 37.9 Å². The fourth-order valence-corrected chi connectivity index (χ4v) is 7.18. The molecule has 3 aliphatic heterocycles. The van der Waals surface area contributed by atoms with E-state index in [-0.39, 0.29) is 24.3 Å². The largest absolute Gasteiger partial charge is 0.352 e. The number of nitrogens with zero attached hydrogens (tertiary/aromatic N) is 2. The number of amides is 3. The maximum atomic E-state index is 13.3. The van der Waals surface area contributed by atoms with Gasteiger partial charge in [-0.2, -0.15) is 0 Å². The van der Waals surface area contributed by atoms with Crippen molar-refractivity contribution in [2.75, 3.05) is 6.54 Å². The zero-order valence-corrected chi connectivity index (χ0v) is 16.6. The van der Waals surface area contributed by atoms with Gasteiger partial charge in [-0.25, -0.2) is 8.42 Å². The number of nitrogens with one attached hydrogen (secondary N) is 1. The van der Waals surface area contributed by atoms with Crippen LogP contribution in [0.3, 0.4) is 0 Å². The van der Waals surface area contributed by atoms with Gasteiger partial charge in [0.25, 0.3) is 0 Å². The first-order valence-corrected chi connectivity index (χ1v) is 11.4. The summed E-state index contributed by atoms with van der Waals surface area (Å²) in [4.78, 5) is 40.9. The van der Waals surface area contributed by atoms with Crippen LogP contribution in [-0.2, 0) is 24.2 Å². The monoisotopic (exact) mass is 397 g/mol. The topological polar surface area (TPSA) is 104 Å². The van der Waals surface area contributed by atoms with E-state index in [0.717, 1.165) is 25.7 Å². The van der Waals surface area contributed by atoms with Crippen molar-refractivity contribution in [2.45, 2.75) is 87.0 Å². The number of sulfone groups is 1. The molecule has 27 heavy (non-hydrogen) atoms. The van der Waals surface area contributed by atoms with Crippen LogP contribution in [0.2, 0.25) is 0 Å². The number of hydrogen-bond donors (Lipinski definition) is 1. The summed E-state index contributed by atoms with van der Waals surface area (Å²) in [6, 6.07) is -1.46. The number of hydrogen-bond acceptors (Lipinski definition) is 5. The average molecular weight is 397 g/mol. The highest BCUT2D eigenvalue weighted by atomic mass is 32.2. The second-order valence-electron chi connectivity index (χ2n) is 8.69. The van der Waals surface area contributed by atoms with Gasteiger partial charge in [0.15, 0.2) is 9.84 Å². The molecule has 3 unspecified atom stereocenters. The van der Waals surface area contributed by atoms with Crippen LogP contribution in [0.25, 0.3) is 0 Å². The van der Waals surface area contributed by atoms with Crippen molar-refractivity contribution in [1.82, 2.24) is 15.1 Å². The van der Waals surface area contributed by atoms with Crippen LogP contribution in [-0.4, -0.2) is 70.7 Å². The average Bonchev–Trinajstić information content (AvgIpc) is 3.29. The molecule has 150 valence electrons. The Labute approximate surface area is 159 Å². The highest BCUT2D eigenvalue weighted by molar-refractivity contribution is 7.93. The summed E-state index contributed by atoms with van der Waals surface area (Å²) in [6.45, 7) is 3.45. The van der Waals surface area contributed by atoms with Crippen molar-refractivity contribution in [1.29, 1.82) is 0 Å². The quantitative estimate of drug-likeness (QED) is 0.684. The molecule has 3 amide bonds. The van der Waals surface area contributed by atoms with Gasteiger partial charge < -0.3 is 15.1 Å². The Morgan fingerprint density at radius 1 is 1.11 bits per heavy atom. The van der Waals surface area contributed by atoms with E-state index in [1.807, 2.05) is 0 Å². The Morgan fingerprint density at radius 3 is 2.41 bits per heavy atom. The molecular formula is C18H27N3O5S. The third-order valence-electron chi connectivity index (χ3n) is 6.75. The molecule has 9 heteroatoms. The Hall–Kier alpha value is -1.64. The third-order valence-corrected chi connectivity index (χ3v) is 9.55. The molecule has 4 fully saturated rings. The molecule has 0 aromatic heterocycles. The Bertz CT molecular complexity index is 787. The Morgan fingerprint density at radius 2 is 1.78 bits per heavy atom. The summed E-state index contributed by atoms with van der Waals surface area (Å²) < 4.78 is 24.2. The van der Waals surface area contributed by atoms with Crippen LogP contribution in [0.1, 0.15) is 58.8 Å². The number of likely N-dealkylation sites (tertiary alicyclic amines) is 1. The predicted molar refractivity (Wildman–Crippen MR) is 97.2 cm³/mol. The molecule has 8 nitrogen and oxygen atoms in total. The summed E-state index contributed by atoms with van der Waals surface area (Å²) >= 11 is 0. The Kier molecular flexibility index (Phi) is 4.29. The molecule has 4 aliphatic rings. The normalized spacial score (nSPS) is 34.4. The van der Waals surface area contributed by atoms with E-state index in [4.69, 9.17) is 0 Å². The van der Waals surface area contributed by atoms with Gasteiger partial charge in [-0.1, -0.05) is 12.8 Å². The van der Waals surface area contributed by atoms with Crippen LogP contribution in [0, 0.1) is 0 Å². The van der Waals surface area contributed by atoms with E-state index in [9.17, 15) is 22.8 Å². The van der Waals surface area contributed by atoms with Gasteiger partial charge in [-0.3, -0.25) is 14.4 Å². The fraction of sp³-hybridized carbons (Fsp3) is 0.833. The zero-order valence-electron chi connectivity index (χ0n) is 15.8. The first-order valence-electron chi connectivity index (χ1n) is 9.81. The summed E-state index contributed by atoms with van der Waals surface area (Å²) in [5.74, 6) is -0.875. The van der Waals surface area contributed by atoms with Crippen molar-refractivity contribution < 1.29 is 22.8 Å². The van der Waals surface area contributed by atoms with Gasteiger partial charge in [0.1, 0.15) is 17.5 Å². The number of fused-ring (bicyclic) bond motifs is 1. The molecule has 1 N–H and O–H groups in total. The highest BCUT2D eigenvalue weighted by Crippen LogP contribution is 2.46. The summed E-state index contributed by atoms with van der Waals surface area (Å²) in [5.41, 5.74) is 0. The maximum absolute atomic E-state index is 13.3. The molecule has 0 radical (unpaired) electrons.